The van der Waals surface area contributed by atoms with Gasteiger partial charge in [-0.3, -0.25) is 4.79 Å². The molecule has 2 aromatic rings. The van der Waals surface area contributed by atoms with Crippen LogP contribution in [0.4, 0.5) is 0 Å². The van der Waals surface area contributed by atoms with Gasteiger partial charge in [-0.15, -0.1) is 0 Å². The zero-order chi connectivity index (χ0) is 21.2. The zero-order valence-corrected chi connectivity index (χ0v) is 17.8. The summed E-state index contributed by atoms with van der Waals surface area (Å²) in [6.07, 6.45) is 9.67. The molecule has 0 aromatic heterocycles. The molecule has 0 aliphatic heterocycles. The predicted octanol–water partition coefficient (Wildman–Crippen LogP) is 5.27. The molecule has 0 radical (unpaired) electrons. The number of hydrogen-bond acceptors (Lipinski definition) is 4. The normalized spacial score (nSPS) is 21.2. The van der Waals surface area contributed by atoms with Crippen LogP contribution in [0, 0.1) is 5.92 Å². The van der Waals surface area contributed by atoms with Gasteiger partial charge in [0, 0.05) is 18.4 Å². The molecule has 2 aromatic carbocycles. The van der Waals surface area contributed by atoms with Gasteiger partial charge in [-0.1, -0.05) is 66.7 Å². The van der Waals surface area contributed by atoms with Crippen LogP contribution in [0.3, 0.4) is 0 Å². The molecular weight excluding hydrogens is 374 g/mol. The second-order valence-corrected chi connectivity index (χ2v) is 7.99. The summed E-state index contributed by atoms with van der Waals surface area (Å²) in [5, 5.41) is 0. The van der Waals surface area contributed by atoms with Gasteiger partial charge in [-0.05, 0) is 48.8 Å². The minimum atomic E-state index is -0.147. The fourth-order valence-corrected chi connectivity index (χ4v) is 4.06. The van der Waals surface area contributed by atoms with Gasteiger partial charge in [0.05, 0.1) is 19.8 Å². The molecule has 3 atom stereocenters. The SMILES string of the molecule is COC(=O)CCCC=CC[C@H]1[C@@H](OCc2ccc(-c3ccccc3)cc2)CC[C@@H]1N. The van der Waals surface area contributed by atoms with Crippen molar-refractivity contribution in [3.8, 4) is 11.1 Å². The Morgan fingerprint density at radius 3 is 2.50 bits per heavy atom. The standard InChI is InChI=1S/C26H33NO3/c1-29-26(28)12-8-3-2-7-11-23-24(27)17-18-25(23)30-19-20-13-15-22(16-14-20)21-9-5-4-6-10-21/h2,4-7,9-10,13-16,23-25H,3,8,11-12,17-19,27H2,1H3/t23-,24+,25+/m1/s1. The first-order chi connectivity index (χ1) is 14.7. The van der Waals surface area contributed by atoms with E-state index in [1.165, 1.54) is 23.8 Å². The first-order valence-electron chi connectivity index (χ1n) is 10.9. The number of hydrogen-bond donors (Lipinski definition) is 1. The van der Waals surface area contributed by atoms with Gasteiger partial charge in [0.25, 0.3) is 0 Å². The van der Waals surface area contributed by atoms with Crippen LogP contribution in [-0.2, 0) is 20.9 Å². The van der Waals surface area contributed by atoms with Crippen LogP contribution >= 0.6 is 0 Å². The van der Waals surface area contributed by atoms with Crippen LogP contribution in [0.5, 0.6) is 0 Å². The van der Waals surface area contributed by atoms with Crippen molar-refractivity contribution in [1.82, 2.24) is 0 Å². The highest BCUT2D eigenvalue weighted by Gasteiger charge is 2.33. The zero-order valence-electron chi connectivity index (χ0n) is 17.8. The number of esters is 1. The Morgan fingerprint density at radius 1 is 1.03 bits per heavy atom. The summed E-state index contributed by atoms with van der Waals surface area (Å²) in [4.78, 5) is 11.1. The van der Waals surface area contributed by atoms with Crippen LogP contribution < -0.4 is 5.73 Å². The van der Waals surface area contributed by atoms with Crippen molar-refractivity contribution in [2.75, 3.05) is 7.11 Å². The fourth-order valence-electron chi connectivity index (χ4n) is 4.06. The molecule has 160 valence electrons. The molecule has 0 bridgehead atoms. The monoisotopic (exact) mass is 407 g/mol. The minimum absolute atomic E-state index is 0.147. The first-order valence-corrected chi connectivity index (χ1v) is 10.9. The third kappa shape index (κ3) is 6.54. The van der Waals surface area contributed by atoms with Crippen molar-refractivity contribution in [2.24, 2.45) is 11.7 Å². The summed E-state index contributed by atoms with van der Waals surface area (Å²) >= 11 is 0. The molecule has 1 aliphatic rings. The van der Waals surface area contributed by atoms with Crippen molar-refractivity contribution < 1.29 is 14.3 Å². The Bertz CT molecular complexity index is 801. The van der Waals surface area contributed by atoms with E-state index in [1.54, 1.807) is 0 Å². The third-order valence-corrected chi connectivity index (χ3v) is 5.89. The summed E-state index contributed by atoms with van der Waals surface area (Å²) in [5.74, 6) is 0.205. The number of ether oxygens (including phenoxy) is 2. The summed E-state index contributed by atoms with van der Waals surface area (Å²) in [7, 11) is 1.43. The molecule has 0 saturated heterocycles. The molecule has 0 unspecified atom stereocenters. The highest BCUT2D eigenvalue weighted by atomic mass is 16.5. The molecule has 30 heavy (non-hydrogen) atoms. The van der Waals surface area contributed by atoms with Gasteiger partial charge in [-0.25, -0.2) is 0 Å². The molecule has 2 N–H and O–H groups in total. The minimum Gasteiger partial charge on any atom is -0.469 e. The first kappa shape index (κ1) is 22.3. The van der Waals surface area contributed by atoms with E-state index in [-0.39, 0.29) is 18.1 Å². The lowest BCUT2D eigenvalue weighted by atomic mass is 9.97. The van der Waals surface area contributed by atoms with E-state index in [0.717, 1.165) is 32.1 Å². The smallest absolute Gasteiger partial charge is 0.305 e. The van der Waals surface area contributed by atoms with Gasteiger partial charge >= 0.3 is 5.97 Å². The highest BCUT2D eigenvalue weighted by molar-refractivity contribution is 5.69. The molecule has 0 heterocycles. The molecule has 1 saturated carbocycles. The number of rotatable bonds is 10. The Hall–Kier alpha value is -2.43. The quantitative estimate of drug-likeness (QED) is 0.331. The second-order valence-electron chi connectivity index (χ2n) is 7.99. The van der Waals surface area contributed by atoms with Crippen LogP contribution in [0.15, 0.2) is 66.7 Å². The van der Waals surface area contributed by atoms with Gasteiger partial charge in [-0.2, -0.15) is 0 Å². The maximum absolute atomic E-state index is 11.1. The van der Waals surface area contributed by atoms with Gasteiger partial charge in [0.2, 0.25) is 0 Å². The number of unbranched alkanes of at least 4 members (excludes halogenated alkanes) is 1. The lowest BCUT2D eigenvalue weighted by Gasteiger charge is -2.22. The summed E-state index contributed by atoms with van der Waals surface area (Å²) in [6, 6.07) is 19.2. The number of methoxy groups -OCH3 is 1. The summed E-state index contributed by atoms with van der Waals surface area (Å²) < 4.78 is 10.9. The molecule has 4 heteroatoms. The topological polar surface area (TPSA) is 61.5 Å². The van der Waals surface area contributed by atoms with Crippen molar-refractivity contribution in [2.45, 2.75) is 57.3 Å². The van der Waals surface area contributed by atoms with E-state index >= 15 is 0 Å². The largest absolute Gasteiger partial charge is 0.469 e. The second kappa shape index (κ2) is 11.7. The Balaban J connectivity index is 1.45. The van der Waals surface area contributed by atoms with E-state index in [0.29, 0.717) is 18.9 Å². The van der Waals surface area contributed by atoms with Crippen LogP contribution in [0.2, 0.25) is 0 Å². The fraction of sp³-hybridized carbons (Fsp3) is 0.423. The van der Waals surface area contributed by atoms with Gasteiger partial charge in [0.15, 0.2) is 0 Å². The number of benzene rings is 2. The number of allylic oxidation sites excluding steroid dienone is 2. The van der Waals surface area contributed by atoms with Crippen LogP contribution in [0.25, 0.3) is 11.1 Å². The van der Waals surface area contributed by atoms with Gasteiger partial charge < -0.3 is 15.2 Å². The Kier molecular flexibility index (Phi) is 8.66. The number of nitrogens with two attached hydrogens (primary N) is 1. The lowest BCUT2D eigenvalue weighted by molar-refractivity contribution is -0.140. The van der Waals surface area contributed by atoms with E-state index in [9.17, 15) is 4.79 Å². The predicted molar refractivity (Wildman–Crippen MR) is 121 cm³/mol. The van der Waals surface area contributed by atoms with Crippen molar-refractivity contribution in [3.63, 3.8) is 0 Å². The third-order valence-electron chi connectivity index (χ3n) is 5.89. The van der Waals surface area contributed by atoms with Crippen LogP contribution in [-0.4, -0.2) is 25.2 Å². The average molecular weight is 408 g/mol. The van der Waals surface area contributed by atoms with E-state index < -0.39 is 0 Å². The van der Waals surface area contributed by atoms with Crippen LogP contribution in [0.1, 0.15) is 44.1 Å². The molecule has 3 rings (SSSR count). The molecule has 0 spiro atoms. The van der Waals surface area contributed by atoms with Crippen molar-refractivity contribution in [3.05, 3.63) is 72.3 Å². The molecule has 1 fully saturated rings. The van der Waals surface area contributed by atoms with E-state index in [4.69, 9.17) is 10.5 Å². The molecule has 1 aliphatic carbocycles. The summed E-state index contributed by atoms with van der Waals surface area (Å²) in [5.41, 5.74) is 9.98. The molecule has 0 amide bonds. The van der Waals surface area contributed by atoms with E-state index in [2.05, 4.69) is 65.4 Å². The molecule has 4 nitrogen and oxygen atoms in total. The van der Waals surface area contributed by atoms with E-state index in [1.807, 2.05) is 6.07 Å². The van der Waals surface area contributed by atoms with Crippen molar-refractivity contribution >= 4 is 5.97 Å². The number of carbonyl (C=O) groups excluding carboxylic acids is 1. The maximum atomic E-state index is 11.1. The average Bonchev–Trinajstić information content (AvgIpc) is 3.14. The lowest BCUT2D eigenvalue weighted by Crippen LogP contribution is -2.30. The van der Waals surface area contributed by atoms with Crippen molar-refractivity contribution in [1.29, 1.82) is 0 Å². The Morgan fingerprint density at radius 2 is 1.77 bits per heavy atom. The number of carbonyl (C=O) groups is 1. The Labute approximate surface area is 180 Å². The highest BCUT2D eigenvalue weighted by Crippen LogP contribution is 2.31. The summed E-state index contributed by atoms with van der Waals surface area (Å²) in [6.45, 7) is 0.617. The van der Waals surface area contributed by atoms with Gasteiger partial charge in [0.1, 0.15) is 0 Å². The molecular formula is C26H33NO3. The maximum Gasteiger partial charge on any atom is 0.305 e.